The summed E-state index contributed by atoms with van der Waals surface area (Å²) in [7, 11) is 0. The number of benzene rings is 2. The van der Waals surface area contributed by atoms with Gasteiger partial charge in [-0.1, -0.05) is 29.3 Å². The number of nitrogens with one attached hydrogen (secondary N) is 1. The van der Waals surface area contributed by atoms with Crippen molar-refractivity contribution in [1.82, 2.24) is 0 Å². The average molecular weight is 305 g/mol. The fraction of sp³-hybridized carbons (Fsp3) is 0.0667. The van der Waals surface area contributed by atoms with Crippen LogP contribution >= 0.6 is 23.2 Å². The summed E-state index contributed by atoms with van der Waals surface area (Å²) in [5.41, 5.74) is 2.30. The van der Waals surface area contributed by atoms with E-state index in [1.165, 1.54) is 12.1 Å². The van der Waals surface area contributed by atoms with Crippen LogP contribution in [0.2, 0.25) is 10.0 Å². The molecule has 0 unspecified atom stereocenters. The Balaban J connectivity index is 2.30. The number of anilines is 1. The number of rotatable bonds is 2. The van der Waals surface area contributed by atoms with Crippen molar-refractivity contribution in [2.75, 3.05) is 5.32 Å². The van der Waals surface area contributed by atoms with E-state index in [4.69, 9.17) is 28.5 Å². The number of carbonyl (C=O) groups is 1. The van der Waals surface area contributed by atoms with Crippen LogP contribution in [-0.4, -0.2) is 5.91 Å². The molecule has 2 aromatic carbocycles. The van der Waals surface area contributed by atoms with Crippen molar-refractivity contribution in [2.24, 2.45) is 0 Å². The second kappa shape index (κ2) is 5.96. The Bertz CT molecular complexity index is 700. The van der Waals surface area contributed by atoms with Gasteiger partial charge >= 0.3 is 0 Å². The molecule has 0 atom stereocenters. The van der Waals surface area contributed by atoms with Gasteiger partial charge in [0, 0.05) is 21.3 Å². The summed E-state index contributed by atoms with van der Waals surface area (Å²) in [5, 5.41) is 12.4. The van der Waals surface area contributed by atoms with E-state index in [0.29, 0.717) is 26.9 Å². The van der Waals surface area contributed by atoms with E-state index in [2.05, 4.69) is 5.32 Å². The summed E-state index contributed by atoms with van der Waals surface area (Å²) in [6.07, 6.45) is 0. The third-order valence-corrected chi connectivity index (χ3v) is 3.18. The number of halogens is 2. The number of nitriles is 1. The summed E-state index contributed by atoms with van der Waals surface area (Å²) >= 11 is 11.7. The van der Waals surface area contributed by atoms with Crippen LogP contribution in [0.3, 0.4) is 0 Å². The van der Waals surface area contributed by atoms with Gasteiger partial charge < -0.3 is 5.32 Å². The molecule has 1 amide bonds. The van der Waals surface area contributed by atoms with Gasteiger partial charge in [-0.2, -0.15) is 5.26 Å². The Kier molecular flexibility index (Phi) is 4.29. The van der Waals surface area contributed by atoms with Crippen LogP contribution in [0.15, 0.2) is 36.4 Å². The molecule has 2 rings (SSSR count). The molecule has 2 aromatic rings. The van der Waals surface area contributed by atoms with E-state index in [1.807, 2.05) is 13.0 Å². The van der Waals surface area contributed by atoms with Gasteiger partial charge in [-0.3, -0.25) is 4.79 Å². The zero-order valence-electron chi connectivity index (χ0n) is 10.6. The molecule has 5 heteroatoms. The molecule has 0 aromatic heterocycles. The Morgan fingerprint density at radius 2 is 1.80 bits per heavy atom. The SMILES string of the molecule is Cc1ccc(C#N)cc1NC(=O)c1cc(Cl)cc(Cl)c1. The normalized spacial score (nSPS) is 9.90. The summed E-state index contributed by atoms with van der Waals surface area (Å²) in [4.78, 5) is 12.2. The highest BCUT2D eigenvalue weighted by molar-refractivity contribution is 6.35. The zero-order chi connectivity index (χ0) is 14.7. The lowest BCUT2D eigenvalue weighted by atomic mass is 10.1. The first-order valence-electron chi connectivity index (χ1n) is 5.78. The lowest BCUT2D eigenvalue weighted by molar-refractivity contribution is 0.102. The maximum absolute atomic E-state index is 12.2. The van der Waals surface area contributed by atoms with Crippen molar-refractivity contribution in [3.63, 3.8) is 0 Å². The molecule has 0 spiro atoms. The van der Waals surface area contributed by atoms with Gasteiger partial charge in [0.05, 0.1) is 11.6 Å². The molecule has 1 N–H and O–H groups in total. The number of hydrogen-bond acceptors (Lipinski definition) is 2. The second-order valence-corrected chi connectivity index (χ2v) is 5.13. The van der Waals surface area contributed by atoms with Gasteiger partial charge in [0.2, 0.25) is 0 Å². The predicted molar refractivity (Wildman–Crippen MR) is 80.3 cm³/mol. The van der Waals surface area contributed by atoms with Gasteiger partial charge in [0.1, 0.15) is 0 Å². The molecule has 0 aliphatic rings. The van der Waals surface area contributed by atoms with Crippen molar-refractivity contribution in [1.29, 1.82) is 5.26 Å². The topological polar surface area (TPSA) is 52.9 Å². The number of carbonyl (C=O) groups excluding carboxylic acids is 1. The maximum Gasteiger partial charge on any atom is 0.255 e. The maximum atomic E-state index is 12.2. The van der Waals surface area contributed by atoms with E-state index in [1.54, 1.807) is 24.3 Å². The molecular weight excluding hydrogens is 295 g/mol. The van der Waals surface area contributed by atoms with Crippen LogP contribution in [-0.2, 0) is 0 Å². The van der Waals surface area contributed by atoms with Crippen LogP contribution < -0.4 is 5.32 Å². The standard InChI is InChI=1S/C15H10Cl2N2O/c1-9-2-3-10(8-18)4-14(9)19-15(20)11-5-12(16)7-13(17)6-11/h2-7H,1H3,(H,19,20). The minimum atomic E-state index is -0.326. The molecule has 0 heterocycles. The van der Waals surface area contributed by atoms with Gasteiger partial charge in [-0.05, 0) is 42.8 Å². The van der Waals surface area contributed by atoms with Crippen LogP contribution in [0.4, 0.5) is 5.69 Å². The lowest BCUT2D eigenvalue weighted by Crippen LogP contribution is -2.13. The second-order valence-electron chi connectivity index (χ2n) is 4.25. The van der Waals surface area contributed by atoms with Gasteiger partial charge in [0.25, 0.3) is 5.91 Å². The molecule has 20 heavy (non-hydrogen) atoms. The fourth-order valence-corrected chi connectivity index (χ4v) is 2.23. The smallest absolute Gasteiger partial charge is 0.255 e. The minimum Gasteiger partial charge on any atom is -0.322 e. The number of nitrogens with zero attached hydrogens (tertiary/aromatic N) is 1. The average Bonchev–Trinajstić information content (AvgIpc) is 2.40. The monoisotopic (exact) mass is 304 g/mol. The van der Waals surface area contributed by atoms with Crippen LogP contribution in [0.1, 0.15) is 21.5 Å². The highest BCUT2D eigenvalue weighted by atomic mass is 35.5. The van der Waals surface area contributed by atoms with Gasteiger partial charge in [0.15, 0.2) is 0 Å². The van der Waals surface area contributed by atoms with Crippen molar-refractivity contribution in [2.45, 2.75) is 6.92 Å². The van der Waals surface area contributed by atoms with E-state index in [0.717, 1.165) is 5.56 Å². The minimum absolute atomic E-state index is 0.326. The highest BCUT2D eigenvalue weighted by Gasteiger charge is 2.10. The van der Waals surface area contributed by atoms with Crippen molar-refractivity contribution < 1.29 is 4.79 Å². The van der Waals surface area contributed by atoms with Crippen molar-refractivity contribution in [3.05, 3.63) is 63.1 Å². The summed E-state index contributed by atoms with van der Waals surface area (Å²) in [6, 6.07) is 11.8. The molecule has 0 bridgehead atoms. The molecule has 0 aliphatic heterocycles. The van der Waals surface area contributed by atoms with Crippen LogP contribution in [0, 0.1) is 18.3 Å². The number of aryl methyl sites for hydroxylation is 1. The lowest BCUT2D eigenvalue weighted by Gasteiger charge is -2.09. The van der Waals surface area contributed by atoms with E-state index in [9.17, 15) is 4.79 Å². The van der Waals surface area contributed by atoms with E-state index >= 15 is 0 Å². The molecule has 0 saturated heterocycles. The Labute approximate surface area is 126 Å². The largest absolute Gasteiger partial charge is 0.322 e. The molecule has 3 nitrogen and oxygen atoms in total. The Hall–Kier alpha value is -2.02. The first kappa shape index (κ1) is 14.4. The molecule has 0 fully saturated rings. The zero-order valence-corrected chi connectivity index (χ0v) is 12.1. The fourth-order valence-electron chi connectivity index (χ4n) is 1.71. The first-order chi connectivity index (χ1) is 9.49. The third kappa shape index (κ3) is 3.30. The molecular formula is C15H10Cl2N2O. The van der Waals surface area contributed by atoms with Crippen molar-refractivity contribution in [3.8, 4) is 6.07 Å². The molecule has 0 aliphatic carbocycles. The van der Waals surface area contributed by atoms with E-state index in [-0.39, 0.29) is 5.91 Å². The Morgan fingerprint density at radius 1 is 1.15 bits per heavy atom. The molecule has 0 saturated carbocycles. The van der Waals surface area contributed by atoms with Gasteiger partial charge in [-0.25, -0.2) is 0 Å². The summed E-state index contributed by atoms with van der Waals surface area (Å²) in [6.45, 7) is 1.85. The van der Waals surface area contributed by atoms with Crippen LogP contribution in [0.25, 0.3) is 0 Å². The predicted octanol–water partition coefficient (Wildman–Crippen LogP) is 4.43. The summed E-state index contributed by atoms with van der Waals surface area (Å²) < 4.78 is 0. The highest BCUT2D eigenvalue weighted by Crippen LogP contribution is 2.21. The first-order valence-corrected chi connectivity index (χ1v) is 6.53. The molecule has 100 valence electrons. The number of amides is 1. The van der Waals surface area contributed by atoms with E-state index < -0.39 is 0 Å². The third-order valence-electron chi connectivity index (χ3n) is 2.74. The van der Waals surface area contributed by atoms with Gasteiger partial charge in [-0.15, -0.1) is 0 Å². The quantitative estimate of drug-likeness (QED) is 0.892. The Morgan fingerprint density at radius 3 is 2.40 bits per heavy atom. The molecule has 0 radical (unpaired) electrons. The van der Waals surface area contributed by atoms with Crippen LogP contribution in [0.5, 0.6) is 0 Å². The summed E-state index contributed by atoms with van der Waals surface area (Å²) in [5.74, 6) is -0.326. The number of hydrogen-bond donors (Lipinski definition) is 1. The van der Waals surface area contributed by atoms with Crippen molar-refractivity contribution >= 4 is 34.8 Å².